The molecule has 0 aliphatic rings. The molecule has 0 spiro atoms. The fraction of sp³-hybridized carbons (Fsp3) is 0.267. The van der Waals surface area contributed by atoms with E-state index in [2.05, 4.69) is 13.5 Å². The van der Waals surface area contributed by atoms with Crippen molar-refractivity contribution in [2.24, 2.45) is 0 Å². The Hall–Kier alpha value is -1.81. The van der Waals surface area contributed by atoms with E-state index in [1.807, 2.05) is 24.3 Å². The summed E-state index contributed by atoms with van der Waals surface area (Å²) in [6, 6.07) is 7.84. The molecule has 0 saturated carbocycles. The van der Waals surface area contributed by atoms with Crippen molar-refractivity contribution in [3.63, 3.8) is 0 Å². The first-order valence-corrected chi connectivity index (χ1v) is 7.17. The van der Waals surface area contributed by atoms with Crippen molar-refractivity contribution in [3.05, 3.63) is 41.8 Å². The highest BCUT2D eigenvalue weighted by molar-refractivity contribution is 7.21. The molecule has 0 aliphatic heterocycles. The zero-order valence-corrected chi connectivity index (χ0v) is 11.9. The Morgan fingerprint density at radius 1 is 1.47 bits per heavy atom. The van der Waals surface area contributed by atoms with Crippen LogP contribution < -0.4 is 5.73 Å². The number of nitrogen functional groups attached to an aromatic ring is 1. The molecule has 19 heavy (non-hydrogen) atoms. The van der Waals surface area contributed by atoms with E-state index in [1.54, 1.807) is 11.0 Å². The summed E-state index contributed by atoms with van der Waals surface area (Å²) >= 11 is 1.46. The third-order valence-corrected chi connectivity index (χ3v) is 4.13. The van der Waals surface area contributed by atoms with Gasteiger partial charge in [-0.15, -0.1) is 17.9 Å². The number of thiophene rings is 1. The monoisotopic (exact) mass is 274 g/mol. The van der Waals surface area contributed by atoms with E-state index in [9.17, 15) is 4.79 Å². The summed E-state index contributed by atoms with van der Waals surface area (Å²) < 4.78 is 1.05. The molecule has 1 aromatic carbocycles. The molecule has 4 heteroatoms. The highest BCUT2D eigenvalue weighted by Gasteiger charge is 2.20. The normalized spacial score (nSPS) is 10.6. The van der Waals surface area contributed by atoms with Gasteiger partial charge in [0.15, 0.2) is 0 Å². The second-order valence-corrected chi connectivity index (χ2v) is 5.43. The fourth-order valence-electron chi connectivity index (χ4n) is 2.07. The lowest BCUT2D eigenvalue weighted by Gasteiger charge is -2.19. The van der Waals surface area contributed by atoms with Crippen molar-refractivity contribution >= 4 is 33.0 Å². The van der Waals surface area contributed by atoms with E-state index in [1.165, 1.54) is 11.3 Å². The molecule has 2 rings (SSSR count). The van der Waals surface area contributed by atoms with Crippen LogP contribution in [0.2, 0.25) is 0 Å². The third-order valence-electron chi connectivity index (χ3n) is 2.96. The minimum atomic E-state index is 0.000417. The molecule has 1 aromatic heterocycles. The number of nitrogens with two attached hydrogens (primary N) is 1. The maximum Gasteiger partial charge on any atom is 0.266 e. The summed E-state index contributed by atoms with van der Waals surface area (Å²) in [6.07, 6.45) is 2.67. The van der Waals surface area contributed by atoms with E-state index in [-0.39, 0.29) is 5.91 Å². The number of hydrogen-bond donors (Lipinski definition) is 1. The summed E-state index contributed by atoms with van der Waals surface area (Å²) in [5, 5.41) is 0.964. The first-order valence-electron chi connectivity index (χ1n) is 6.36. The Kier molecular flexibility index (Phi) is 4.22. The van der Waals surface area contributed by atoms with Crippen molar-refractivity contribution in [1.82, 2.24) is 4.90 Å². The average Bonchev–Trinajstić information content (AvgIpc) is 2.76. The highest BCUT2D eigenvalue weighted by Crippen LogP contribution is 2.34. The van der Waals surface area contributed by atoms with Crippen LogP contribution in [0.15, 0.2) is 36.9 Å². The van der Waals surface area contributed by atoms with E-state index in [4.69, 9.17) is 5.73 Å². The van der Waals surface area contributed by atoms with Gasteiger partial charge in [-0.1, -0.05) is 31.2 Å². The minimum absolute atomic E-state index is 0.000417. The lowest BCUT2D eigenvalue weighted by molar-refractivity contribution is 0.0780. The topological polar surface area (TPSA) is 46.3 Å². The molecule has 2 N–H and O–H groups in total. The Balaban J connectivity index is 2.39. The maximum absolute atomic E-state index is 12.5. The Labute approximate surface area is 117 Å². The third kappa shape index (κ3) is 2.63. The molecule has 0 radical (unpaired) electrons. The van der Waals surface area contributed by atoms with Crippen molar-refractivity contribution in [2.45, 2.75) is 13.3 Å². The number of anilines is 1. The Morgan fingerprint density at radius 2 is 2.21 bits per heavy atom. The van der Waals surface area contributed by atoms with Crippen LogP contribution in [-0.2, 0) is 0 Å². The van der Waals surface area contributed by atoms with E-state index in [0.717, 1.165) is 23.1 Å². The maximum atomic E-state index is 12.5. The van der Waals surface area contributed by atoms with Crippen molar-refractivity contribution in [2.75, 3.05) is 18.8 Å². The fourth-order valence-corrected chi connectivity index (χ4v) is 3.16. The lowest BCUT2D eigenvalue weighted by Crippen LogP contribution is -2.31. The molecule has 3 nitrogen and oxygen atoms in total. The molecule has 1 heterocycles. The number of carbonyl (C=O) groups is 1. The van der Waals surface area contributed by atoms with Crippen LogP contribution in [0, 0.1) is 0 Å². The predicted molar refractivity (Wildman–Crippen MR) is 82.6 cm³/mol. The second-order valence-electron chi connectivity index (χ2n) is 4.38. The molecular formula is C15H18N2OS. The number of rotatable bonds is 5. The minimum Gasteiger partial charge on any atom is -0.397 e. The molecule has 1 amide bonds. The van der Waals surface area contributed by atoms with Gasteiger partial charge in [-0.25, -0.2) is 0 Å². The van der Waals surface area contributed by atoms with Crippen LogP contribution in [0.3, 0.4) is 0 Å². The smallest absolute Gasteiger partial charge is 0.266 e. The molecule has 2 aromatic rings. The first-order chi connectivity index (χ1) is 9.19. The number of nitrogens with zero attached hydrogens (tertiary/aromatic N) is 1. The summed E-state index contributed by atoms with van der Waals surface area (Å²) in [5.41, 5.74) is 6.70. The second kappa shape index (κ2) is 5.89. The van der Waals surface area contributed by atoms with Gasteiger partial charge in [0, 0.05) is 23.2 Å². The van der Waals surface area contributed by atoms with Crippen LogP contribution in [0.25, 0.3) is 10.1 Å². The first kappa shape index (κ1) is 13.6. The van der Waals surface area contributed by atoms with Gasteiger partial charge in [-0.05, 0) is 12.5 Å². The molecular weight excluding hydrogens is 256 g/mol. The average molecular weight is 274 g/mol. The lowest BCUT2D eigenvalue weighted by atomic mass is 10.2. The van der Waals surface area contributed by atoms with Gasteiger partial charge >= 0.3 is 0 Å². The summed E-state index contributed by atoms with van der Waals surface area (Å²) in [4.78, 5) is 14.9. The Morgan fingerprint density at radius 3 is 2.84 bits per heavy atom. The zero-order chi connectivity index (χ0) is 13.8. The van der Waals surface area contributed by atoms with Crippen molar-refractivity contribution in [3.8, 4) is 0 Å². The summed E-state index contributed by atoms with van der Waals surface area (Å²) in [7, 11) is 0. The van der Waals surface area contributed by atoms with Gasteiger partial charge in [0.25, 0.3) is 5.91 Å². The van der Waals surface area contributed by atoms with Gasteiger partial charge in [0.05, 0.1) is 5.69 Å². The number of carbonyl (C=O) groups excluding carboxylic acids is 1. The van der Waals surface area contributed by atoms with Gasteiger partial charge in [0.2, 0.25) is 0 Å². The molecule has 0 atom stereocenters. The van der Waals surface area contributed by atoms with Crippen LogP contribution in [0.1, 0.15) is 23.0 Å². The molecule has 0 aliphatic carbocycles. The molecule has 100 valence electrons. The summed E-state index contributed by atoms with van der Waals surface area (Å²) in [5.74, 6) is 0.000417. The van der Waals surface area contributed by atoms with Gasteiger partial charge < -0.3 is 10.6 Å². The predicted octanol–water partition coefficient (Wildman–Crippen LogP) is 3.52. The summed E-state index contributed by atoms with van der Waals surface area (Å²) in [6.45, 7) is 7.03. The van der Waals surface area contributed by atoms with E-state index < -0.39 is 0 Å². The van der Waals surface area contributed by atoms with Crippen LogP contribution >= 0.6 is 11.3 Å². The molecule has 0 bridgehead atoms. The van der Waals surface area contributed by atoms with Crippen LogP contribution in [-0.4, -0.2) is 23.9 Å². The number of benzene rings is 1. The molecule has 0 saturated heterocycles. The number of amides is 1. The quantitative estimate of drug-likeness (QED) is 0.848. The zero-order valence-electron chi connectivity index (χ0n) is 11.1. The van der Waals surface area contributed by atoms with Crippen LogP contribution in [0.5, 0.6) is 0 Å². The van der Waals surface area contributed by atoms with Crippen molar-refractivity contribution in [1.29, 1.82) is 0 Å². The number of fused-ring (bicyclic) bond motifs is 1. The van der Waals surface area contributed by atoms with Gasteiger partial charge in [-0.2, -0.15) is 0 Å². The molecule has 0 unspecified atom stereocenters. The SMILES string of the molecule is C=CCN(CCC)C(=O)c1sc2ccccc2c1N. The van der Waals surface area contributed by atoms with Gasteiger partial charge in [0.1, 0.15) is 4.88 Å². The standard InChI is InChI=1S/C15H18N2OS/c1-3-9-17(10-4-2)15(18)14-13(16)11-7-5-6-8-12(11)19-14/h3,5-8H,1,4,9-10,16H2,2H3. The number of hydrogen-bond acceptors (Lipinski definition) is 3. The Bertz CT molecular complexity index is 603. The van der Waals surface area contributed by atoms with Crippen LogP contribution in [0.4, 0.5) is 5.69 Å². The highest BCUT2D eigenvalue weighted by atomic mass is 32.1. The van der Waals surface area contributed by atoms with E-state index in [0.29, 0.717) is 17.1 Å². The molecule has 0 fully saturated rings. The van der Waals surface area contributed by atoms with Gasteiger partial charge in [-0.3, -0.25) is 4.79 Å². The van der Waals surface area contributed by atoms with E-state index >= 15 is 0 Å². The van der Waals surface area contributed by atoms with Crippen molar-refractivity contribution < 1.29 is 4.79 Å². The largest absolute Gasteiger partial charge is 0.397 e.